The van der Waals surface area contributed by atoms with E-state index >= 15 is 0 Å². The SMILES string of the molecule is CCOC(=O)CC1CC2(CCN(C(=O)NCc3ccccc3C(F)(F)F)CC2)c2c(Br)cccc21. The number of hydrogen-bond donors (Lipinski definition) is 1. The number of ether oxygens (including phenoxy) is 1. The minimum atomic E-state index is -4.47. The normalized spacial score (nSPS) is 18.9. The summed E-state index contributed by atoms with van der Waals surface area (Å²) in [5.74, 6) is -0.155. The van der Waals surface area contributed by atoms with E-state index in [-0.39, 0.29) is 35.4 Å². The molecule has 2 aromatic rings. The maximum Gasteiger partial charge on any atom is 0.416 e. The predicted molar refractivity (Wildman–Crippen MR) is 129 cm³/mol. The van der Waals surface area contributed by atoms with E-state index in [4.69, 9.17) is 4.74 Å². The van der Waals surface area contributed by atoms with Gasteiger partial charge in [0, 0.05) is 29.5 Å². The molecule has 0 saturated carbocycles. The molecule has 2 aliphatic rings. The molecule has 1 fully saturated rings. The fraction of sp³-hybridized carbons (Fsp3) is 0.462. The first-order chi connectivity index (χ1) is 16.6. The first-order valence-corrected chi connectivity index (χ1v) is 12.6. The smallest absolute Gasteiger partial charge is 0.416 e. The molecular weight excluding hydrogens is 525 g/mol. The molecule has 5 nitrogen and oxygen atoms in total. The summed E-state index contributed by atoms with van der Waals surface area (Å²) in [4.78, 5) is 26.7. The molecule has 35 heavy (non-hydrogen) atoms. The second-order valence-corrected chi connectivity index (χ2v) is 10.0. The number of alkyl halides is 3. The van der Waals surface area contributed by atoms with Crippen LogP contribution < -0.4 is 5.32 Å². The van der Waals surface area contributed by atoms with Gasteiger partial charge in [0.15, 0.2) is 0 Å². The summed E-state index contributed by atoms with van der Waals surface area (Å²) in [6.07, 6.45) is -1.91. The van der Waals surface area contributed by atoms with Crippen molar-refractivity contribution in [2.24, 2.45) is 0 Å². The Labute approximate surface area is 211 Å². The Balaban J connectivity index is 1.43. The second-order valence-electron chi connectivity index (χ2n) is 9.20. The lowest BCUT2D eigenvalue weighted by atomic mass is 9.73. The van der Waals surface area contributed by atoms with Gasteiger partial charge in [-0.25, -0.2) is 4.79 Å². The van der Waals surface area contributed by atoms with Gasteiger partial charge in [-0.2, -0.15) is 13.2 Å². The summed E-state index contributed by atoms with van der Waals surface area (Å²) >= 11 is 3.70. The van der Waals surface area contributed by atoms with E-state index in [0.717, 1.165) is 22.5 Å². The van der Waals surface area contributed by atoms with Crippen LogP contribution in [0.15, 0.2) is 46.9 Å². The molecule has 9 heteroatoms. The van der Waals surface area contributed by atoms with Gasteiger partial charge < -0.3 is 15.0 Å². The zero-order valence-corrected chi connectivity index (χ0v) is 21.0. The van der Waals surface area contributed by atoms with Gasteiger partial charge in [-0.05, 0) is 60.9 Å². The maximum atomic E-state index is 13.2. The van der Waals surface area contributed by atoms with Crippen LogP contribution in [-0.4, -0.2) is 36.6 Å². The van der Waals surface area contributed by atoms with Gasteiger partial charge in [-0.3, -0.25) is 4.79 Å². The number of carbonyl (C=O) groups excluding carboxylic acids is 2. The van der Waals surface area contributed by atoms with Crippen LogP contribution in [0.5, 0.6) is 0 Å². The van der Waals surface area contributed by atoms with Crippen molar-refractivity contribution < 1.29 is 27.5 Å². The van der Waals surface area contributed by atoms with Crippen LogP contribution in [0, 0.1) is 0 Å². The van der Waals surface area contributed by atoms with Crippen LogP contribution in [0.2, 0.25) is 0 Å². The quantitative estimate of drug-likeness (QED) is 0.452. The first kappa shape index (κ1) is 25.5. The third kappa shape index (κ3) is 5.34. The van der Waals surface area contributed by atoms with Crippen molar-refractivity contribution in [1.29, 1.82) is 0 Å². The highest BCUT2D eigenvalue weighted by Gasteiger charge is 2.47. The van der Waals surface area contributed by atoms with Gasteiger partial charge in [-0.1, -0.05) is 46.3 Å². The van der Waals surface area contributed by atoms with Crippen LogP contribution >= 0.6 is 15.9 Å². The Morgan fingerprint density at radius 1 is 1.14 bits per heavy atom. The van der Waals surface area contributed by atoms with Crippen molar-refractivity contribution >= 4 is 27.9 Å². The molecule has 1 atom stereocenters. The molecule has 0 aromatic heterocycles. The fourth-order valence-corrected chi connectivity index (χ4v) is 6.36. The van der Waals surface area contributed by atoms with Crippen molar-refractivity contribution in [2.75, 3.05) is 19.7 Å². The zero-order chi connectivity index (χ0) is 25.2. The van der Waals surface area contributed by atoms with Crippen LogP contribution in [0.4, 0.5) is 18.0 Å². The molecule has 1 aliphatic carbocycles. The predicted octanol–water partition coefficient (Wildman–Crippen LogP) is 6.15. The van der Waals surface area contributed by atoms with E-state index in [0.29, 0.717) is 39.0 Å². The average Bonchev–Trinajstić information content (AvgIpc) is 3.11. The van der Waals surface area contributed by atoms with E-state index in [1.165, 1.54) is 23.8 Å². The molecule has 1 N–H and O–H groups in total. The number of benzene rings is 2. The highest BCUT2D eigenvalue weighted by atomic mass is 79.9. The number of piperidine rings is 1. The van der Waals surface area contributed by atoms with Crippen molar-refractivity contribution in [3.05, 3.63) is 69.2 Å². The number of urea groups is 1. The van der Waals surface area contributed by atoms with E-state index in [1.807, 2.05) is 12.1 Å². The molecule has 1 unspecified atom stereocenters. The number of halogens is 4. The number of fused-ring (bicyclic) bond motifs is 2. The van der Waals surface area contributed by atoms with E-state index in [9.17, 15) is 22.8 Å². The largest absolute Gasteiger partial charge is 0.466 e. The molecule has 0 bridgehead atoms. The summed E-state index contributed by atoms with van der Waals surface area (Å²) in [6, 6.07) is 10.9. The number of nitrogens with one attached hydrogen (secondary N) is 1. The highest BCUT2D eigenvalue weighted by molar-refractivity contribution is 9.10. The molecule has 2 aromatic carbocycles. The minimum absolute atomic E-state index is 0.0392. The molecule has 1 saturated heterocycles. The number of esters is 1. The summed E-state index contributed by atoms with van der Waals surface area (Å²) in [5.41, 5.74) is 1.49. The molecule has 0 radical (unpaired) electrons. The van der Waals surface area contributed by atoms with Crippen LogP contribution in [0.3, 0.4) is 0 Å². The number of carbonyl (C=O) groups is 2. The number of nitrogens with zero attached hydrogens (tertiary/aromatic N) is 1. The Hall–Kier alpha value is -2.55. The maximum absolute atomic E-state index is 13.2. The number of amides is 2. The van der Waals surface area contributed by atoms with Crippen LogP contribution in [0.25, 0.3) is 0 Å². The van der Waals surface area contributed by atoms with Crippen molar-refractivity contribution in [2.45, 2.75) is 56.7 Å². The van der Waals surface area contributed by atoms with Crippen LogP contribution in [0.1, 0.15) is 60.8 Å². The summed E-state index contributed by atoms with van der Waals surface area (Å²) in [7, 11) is 0. The highest BCUT2D eigenvalue weighted by Crippen LogP contribution is 2.55. The first-order valence-electron chi connectivity index (χ1n) is 11.8. The fourth-order valence-electron chi connectivity index (χ4n) is 5.55. The topological polar surface area (TPSA) is 58.6 Å². The lowest BCUT2D eigenvalue weighted by molar-refractivity contribution is -0.143. The molecule has 188 valence electrons. The number of hydrogen-bond acceptors (Lipinski definition) is 3. The Morgan fingerprint density at radius 2 is 1.86 bits per heavy atom. The van der Waals surface area contributed by atoms with Crippen LogP contribution in [-0.2, 0) is 27.7 Å². The van der Waals surface area contributed by atoms with Crippen molar-refractivity contribution in [3.63, 3.8) is 0 Å². The Bertz CT molecular complexity index is 1100. The Morgan fingerprint density at radius 3 is 2.54 bits per heavy atom. The summed E-state index contributed by atoms with van der Waals surface area (Å²) in [5, 5.41) is 2.66. The molecular formula is C26H28BrF3N2O3. The monoisotopic (exact) mass is 552 g/mol. The third-order valence-electron chi connectivity index (χ3n) is 7.13. The lowest BCUT2D eigenvalue weighted by Gasteiger charge is -2.40. The van der Waals surface area contributed by atoms with E-state index in [2.05, 4.69) is 27.3 Å². The summed E-state index contributed by atoms with van der Waals surface area (Å²) in [6.45, 7) is 2.92. The van der Waals surface area contributed by atoms with Gasteiger partial charge in [0.2, 0.25) is 0 Å². The third-order valence-corrected chi connectivity index (χ3v) is 7.79. The molecule has 1 spiro atoms. The zero-order valence-electron chi connectivity index (χ0n) is 19.5. The Kier molecular flexibility index (Phi) is 7.45. The minimum Gasteiger partial charge on any atom is -0.466 e. The van der Waals surface area contributed by atoms with Gasteiger partial charge >= 0.3 is 18.2 Å². The lowest BCUT2D eigenvalue weighted by Crippen LogP contribution is -2.48. The standard InChI is InChI=1S/C26H28BrF3N2O3/c1-2-35-22(33)14-18-15-25(23-19(18)7-5-9-21(23)27)10-12-32(13-11-25)24(34)31-16-17-6-3-4-8-20(17)26(28,29)30/h3-9,18H,2,10-16H2,1H3,(H,31,34). The van der Waals surface area contributed by atoms with Gasteiger partial charge in [0.1, 0.15) is 0 Å². The molecule has 1 aliphatic heterocycles. The second kappa shape index (κ2) is 10.2. The number of rotatable bonds is 5. The molecule has 2 amide bonds. The summed E-state index contributed by atoms with van der Waals surface area (Å²) < 4.78 is 45.9. The van der Waals surface area contributed by atoms with E-state index in [1.54, 1.807) is 11.8 Å². The average molecular weight is 553 g/mol. The van der Waals surface area contributed by atoms with Gasteiger partial charge in [-0.15, -0.1) is 0 Å². The van der Waals surface area contributed by atoms with Crippen molar-refractivity contribution in [3.8, 4) is 0 Å². The van der Waals surface area contributed by atoms with Crippen molar-refractivity contribution in [1.82, 2.24) is 10.2 Å². The van der Waals surface area contributed by atoms with Gasteiger partial charge in [0.25, 0.3) is 0 Å². The van der Waals surface area contributed by atoms with E-state index < -0.39 is 11.7 Å². The van der Waals surface area contributed by atoms with Gasteiger partial charge in [0.05, 0.1) is 18.6 Å². The number of likely N-dealkylation sites (tertiary alicyclic amines) is 1. The molecule has 4 rings (SSSR count). The molecule has 1 heterocycles.